The quantitative estimate of drug-likeness (QED) is 0.805. The lowest BCUT2D eigenvalue weighted by atomic mass is 10.2. The van der Waals surface area contributed by atoms with Crippen molar-refractivity contribution in [3.05, 3.63) is 30.3 Å². The summed E-state index contributed by atoms with van der Waals surface area (Å²) in [4.78, 5) is 24.8. The standard InChI is InChI=1S/C15H19N3O3/c1-2-7-13(14(19)20)17-15(21)18(11-6-10-16)12-8-4-3-5-9-12/h3-5,8-9,13H,2,6-7,11H2,1H3,(H,17,21)(H,19,20)/t13-/m1/s1. The Bertz CT molecular complexity index is 511. The van der Waals surface area contributed by atoms with E-state index in [1.54, 1.807) is 24.3 Å². The molecule has 0 bridgehead atoms. The van der Waals surface area contributed by atoms with Crippen molar-refractivity contribution < 1.29 is 14.7 Å². The summed E-state index contributed by atoms with van der Waals surface area (Å²) in [5.41, 5.74) is 0.630. The van der Waals surface area contributed by atoms with Gasteiger partial charge in [-0.3, -0.25) is 4.90 Å². The summed E-state index contributed by atoms with van der Waals surface area (Å²) in [6.45, 7) is 2.07. The van der Waals surface area contributed by atoms with Crippen LogP contribution in [-0.2, 0) is 4.79 Å². The van der Waals surface area contributed by atoms with Crippen molar-refractivity contribution in [3.8, 4) is 6.07 Å². The van der Waals surface area contributed by atoms with Crippen LogP contribution in [0.5, 0.6) is 0 Å². The normalized spacial score (nSPS) is 11.2. The molecule has 1 atom stereocenters. The van der Waals surface area contributed by atoms with Gasteiger partial charge in [-0.25, -0.2) is 9.59 Å². The second-order valence-electron chi connectivity index (χ2n) is 4.52. The monoisotopic (exact) mass is 289 g/mol. The van der Waals surface area contributed by atoms with Gasteiger partial charge in [0.25, 0.3) is 0 Å². The van der Waals surface area contributed by atoms with E-state index in [4.69, 9.17) is 10.4 Å². The number of anilines is 1. The fraction of sp³-hybridized carbons (Fsp3) is 0.400. The van der Waals surface area contributed by atoms with E-state index in [1.165, 1.54) is 4.90 Å². The number of carbonyl (C=O) groups is 2. The average molecular weight is 289 g/mol. The lowest BCUT2D eigenvalue weighted by molar-refractivity contribution is -0.139. The summed E-state index contributed by atoms with van der Waals surface area (Å²) >= 11 is 0. The highest BCUT2D eigenvalue weighted by Crippen LogP contribution is 2.14. The van der Waals surface area contributed by atoms with Crippen LogP contribution in [0.2, 0.25) is 0 Å². The van der Waals surface area contributed by atoms with Crippen LogP contribution in [0, 0.1) is 11.3 Å². The number of benzene rings is 1. The van der Waals surface area contributed by atoms with Gasteiger partial charge in [0.2, 0.25) is 0 Å². The molecule has 1 aromatic rings. The smallest absolute Gasteiger partial charge is 0.326 e. The van der Waals surface area contributed by atoms with Crippen LogP contribution in [0.4, 0.5) is 10.5 Å². The minimum absolute atomic E-state index is 0.174. The van der Waals surface area contributed by atoms with E-state index < -0.39 is 18.0 Å². The highest BCUT2D eigenvalue weighted by atomic mass is 16.4. The molecule has 0 saturated heterocycles. The lowest BCUT2D eigenvalue weighted by Gasteiger charge is -2.24. The third kappa shape index (κ3) is 5.15. The number of carbonyl (C=O) groups excluding carboxylic acids is 1. The largest absolute Gasteiger partial charge is 0.480 e. The highest BCUT2D eigenvalue weighted by molar-refractivity contribution is 5.94. The molecule has 0 aliphatic heterocycles. The number of hydrogen-bond acceptors (Lipinski definition) is 3. The van der Waals surface area contributed by atoms with Crippen molar-refractivity contribution in [3.63, 3.8) is 0 Å². The molecule has 0 saturated carbocycles. The Morgan fingerprint density at radius 3 is 2.57 bits per heavy atom. The van der Waals surface area contributed by atoms with Crippen molar-refractivity contribution in [2.24, 2.45) is 0 Å². The molecule has 0 aromatic heterocycles. The van der Waals surface area contributed by atoms with E-state index in [-0.39, 0.29) is 13.0 Å². The molecule has 6 nitrogen and oxygen atoms in total. The summed E-state index contributed by atoms with van der Waals surface area (Å²) in [7, 11) is 0. The van der Waals surface area contributed by atoms with Crippen LogP contribution < -0.4 is 10.2 Å². The molecule has 2 amide bonds. The molecule has 0 fully saturated rings. The first-order chi connectivity index (χ1) is 10.1. The molecular formula is C15H19N3O3. The molecule has 21 heavy (non-hydrogen) atoms. The molecule has 1 rings (SSSR count). The van der Waals surface area contributed by atoms with Crippen LogP contribution in [0.15, 0.2) is 30.3 Å². The first kappa shape index (κ1) is 16.5. The summed E-state index contributed by atoms with van der Waals surface area (Å²) in [6, 6.07) is 9.43. The molecule has 0 aliphatic carbocycles. The summed E-state index contributed by atoms with van der Waals surface area (Å²) < 4.78 is 0. The molecular weight excluding hydrogens is 270 g/mol. The molecule has 2 N–H and O–H groups in total. The SMILES string of the molecule is CCC[C@@H](NC(=O)N(CCC#N)c1ccccc1)C(=O)O. The number of nitrogens with one attached hydrogen (secondary N) is 1. The van der Waals surface area contributed by atoms with Gasteiger partial charge in [0.15, 0.2) is 0 Å². The maximum atomic E-state index is 12.3. The van der Waals surface area contributed by atoms with Gasteiger partial charge in [-0.05, 0) is 18.6 Å². The van der Waals surface area contributed by atoms with Gasteiger partial charge in [0.05, 0.1) is 12.5 Å². The van der Waals surface area contributed by atoms with Gasteiger partial charge in [-0.1, -0.05) is 31.5 Å². The van der Waals surface area contributed by atoms with Crippen molar-refractivity contribution in [1.82, 2.24) is 5.32 Å². The molecule has 0 heterocycles. The molecule has 0 aliphatic rings. The van der Waals surface area contributed by atoms with Crippen LogP contribution >= 0.6 is 0 Å². The summed E-state index contributed by atoms with van der Waals surface area (Å²) in [5.74, 6) is -1.06. The number of carboxylic acids is 1. The van der Waals surface area contributed by atoms with Gasteiger partial charge in [-0.2, -0.15) is 5.26 Å². The van der Waals surface area contributed by atoms with Crippen molar-refractivity contribution in [2.75, 3.05) is 11.4 Å². The van der Waals surface area contributed by atoms with E-state index in [0.717, 1.165) is 0 Å². The van der Waals surface area contributed by atoms with Crippen molar-refractivity contribution >= 4 is 17.7 Å². The Labute approximate surface area is 124 Å². The number of nitrogens with zero attached hydrogens (tertiary/aromatic N) is 2. The zero-order valence-electron chi connectivity index (χ0n) is 12.0. The minimum Gasteiger partial charge on any atom is -0.480 e. The topological polar surface area (TPSA) is 93.4 Å². The number of urea groups is 1. The number of carboxylic acid groups (broad SMARTS) is 1. The fourth-order valence-electron chi connectivity index (χ4n) is 1.89. The first-order valence-corrected chi connectivity index (χ1v) is 6.83. The van der Waals surface area contributed by atoms with Crippen molar-refractivity contribution in [1.29, 1.82) is 5.26 Å². The Morgan fingerprint density at radius 2 is 2.05 bits per heavy atom. The van der Waals surface area contributed by atoms with Crippen LogP contribution in [0.3, 0.4) is 0 Å². The molecule has 0 spiro atoms. The van der Waals surface area contributed by atoms with E-state index in [0.29, 0.717) is 18.5 Å². The first-order valence-electron chi connectivity index (χ1n) is 6.83. The van der Waals surface area contributed by atoms with Gasteiger partial charge in [0, 0.05) is 12.2 Å². The third-order valence-corrected chi connectivity index (χ3v) is 2.93. The Kier molecular flexibility index (Phi) is 6.75. The fourth-order valence-corrected chi connectivity index (χ4v) is 1.89. The Morgan fingerprint density at radius 1 is 1.38 bits per heavy atom. The molecule has 1 aromatic carbocycles. The number of para-hydroxylation sites is 1. The summed E-state index contributed by atoms with van der Waals surface area (Å²) in [6.07, 6.45) is 1.19. The molecule has 0 unspecified atom stereocenters. The second kappa shape index (κ2) is 8.59. The zero-order valence-corrected chi connectivity index (χ0v) is 12.0. The van der Waals surface area contributed by atoms with Gasteiger partial charge >= 0.3 is 12.0 Å². The van der Waals surface area contributed by atoms with Crippen LogP contribution in [-0.4, -0.2) is 29.7 Å². The van der Waals surface area contributed by atoms with Gasteiger partial charge in [-0.15, -0.1) is 0 Å². The van der Waals surface area contributed by atoms with E-state index in [9.17, 15) is 9.59 Å². The molecule has 6 heteroatoms. The van der Waals surface area contributed by atoms with Crippen LogP contribution in [0.1, 0.15) is 26.2 Å². The molecule has 112 valence electrons. The maximum absolute atomic E-state index is 12.3. The van der Waals surface area contributed by atoms with E-state index >= 15 is 0 Å². The number of amides is 2. The number of hydrogen-bond donors (Lipinski definition) is 2. The lowest BCUT2D eigenvalue weighted by Crippen LogP contribution is -2.48. The number of rotatable bonds is 7. The zero-order chi connectivity index (χ0) is 15.7. The average Bonchev–Trinajstić information content (AvgIpc) is 2.48. The summed E-state index contributed by atoms with van der Waals surface area (Å²) in [5, 5.41) is 20.3. The van der Waals surface area contributed by atoms with Crippen LogP contribution in [0.25, 0.3) is 0 Å². The predicted octanol–water partition coefficient (Wildman–Crippen LogP) is 2.37. The Hall–Kier alpha value is -2.55. The second-order valence-corrected chi connectivity index (χ2v) is 4.52. The van der Waals surface area contributed by atoms with Gasteiger partial charge in [0.1, 0.15) is 6.04 Å². The third-order valence-electron chi connectivity index (χ3n) is 2.93. The maximum Gasteiger partial charge on any atom is 0.326 e. The van der Waals surface area contributed by atoms with Gasteiger partial charge < -0.3 is 10.4 Å². The minimum atomic E-state index is -1.06. The predicted molar refractivity (Wildman–Crippen MR) is 78.9 cm³/mol. The number of aliphatic carboxylic acids is 1. The van der Waals surface area contributed by atoms with E-state index in [1.807, 2.05) is 19.1 Å². The number of nitriles is 1. The van der Waals surface area contributed by atoms with E-state index in [2.05, 4.69) is 5.32 Å². The molecule has 0 radical (unpaired) electrons. The van der Waals surface area contributed by atoms with Crippen molar-refractivity contribution in [2.45, 2.75) is 32.2 Å². The highest BCUT2D eigenvalue weighted by Gasteiger charge is 2.23. The Balaban J connectivity index is 2.85.